The highest BCUT2D eigenvalue weighted by atomic mass is 19.1. The van der Waals surface area contributed by atoms with E-state index < -0.39 is 0 Å². The van der Waals surface area contributed by atoms with Crippen molar-refractivity contribution >= 4 is 0 Å². The van der Waals surface area contributed by atoms with E-state index in [1.165, 1.54) is 0 Å². The Morgan fingerprint density at radius 2 is 1.38 bits per heavy atom. The van der Waals surface area contributed by atoms with Crippen molar-refractivity contribution in [1.29, 1.82) is 0 Å². The predicted octanol–water partition coefficient (Wildman–Crippen LogP) is 6.39. The Morgan fingerprint density at radius 1 is 0.762 bits per heavy atom. The molecule has 1 heterocycles. The molecular weight excluding hydrogens is 267 g/mol. The van der Waals surface area contributed by atoms with E-state index >= 15 is 0 Å². The standard InChI is InChI=1S/C14H11FO2.2C2H6/c1-8-3-5-10-12(7-8)17-14-11(16-10)6-4-9(2)13(14)15;2*1-2/h3-7H,1-2H3;2*1-2H3. The van der Waals surface area contributed by atoms with Gasteiger partial charge in [-0.25, -0.2) is 4.39 Å². The number of rotatable bonds is 0. The number of hydrogen-bond acceptors (Lipinski definition) is 2. The van der Waals surface area contributed by atoms with Gasteiger partial charge in [0.2, 0.25) is 5.75 Å². The van der Waals surface area contributed by atoms with Gasteiger partial charge in [-0.3, -0.25) is 0 Å². The maximum absolute atomic E-state index is 13.9. The number of benzene rings is 2. The third-order valence-corrected chi connectivity index (χ3v) is 2.79. The van der Waals surface area contributed by atoms with E-state index in [-0.39, 0.29) is 11.6 Å². The molecule has 0 bridgehead atoms. The number of ether oxygens (including phenoxy) is 2. The second kappa shape index (κ2) is 7.67. The summed E-state index contributed by atoms with van der Waals surface area (Å²) in [7, 11) is 0. The zero-order chi connectivity index (χ0) is 16.0. The van der Waals surface area contributed by atoms with E-state index in [0.717, 1.165) is 5.56 Å². The number of aryl methyl sites for hydroxylation is 2. The molecule has 0 aliphatic carbocycles. The molecule has 0 fully saturated rings. The van der Waals surface area contributed by atoms with Crippen LogP contribution < -0.4 is 9.47 Å². The van der Waals surface area contributed by atoms with Crippen molar-refractivity contribution in [2.45, 2.75) is 41.5 Å². The van der Waals surface area contributed by atoms with Gasteiger partial charge in [0.15, 0.2) is 23.1 Å². The van der Waals surface area contributed by atoms with Crippen LogP contribution in [0.25, 0.3) is 0 Å². The van der Waals surface area contributed by atoms with Crippen LogP contribution in [-0.2, 0) is 0 Å². The van der Waals surface area contributed by atoms with Crippen LogP contribution in [-0.4, -0.2) is 0 Å². The summed E-state index contributed by atoms with van der Waals surface area (Å²) in [6.07, 6.45) is 0. The third kappa shape index (κ3) is 3.54. The normalized spacial score (nSPS) is 10.4. The van der Waals surface area contributed by atoms with Gasteiger partial charge in [-0.05, 0) is 43.2 Å². The van der Waals surface area contributed by atoms with E-state index in [0.29, 0.717) is 22.8 Å². The minimum absolute atomic E-state index is 0.170. The second-order valence-electron chi connectivity index (χ2n) is 4.18. The molecule has 0 radical (unpaired) electrons. The molecule has 0 unspecified atom stereocenters. The van der Waals surface area contributed by atoms with Crippen LogP contribution in [0.1, 0.15) is 38.8 Å². The molecule has 3 heteroatoms. The SMILES string of the molecule is CC.CC.Cc1ccc2c(c1)Oc1c(ccc(C)c1F)O2. The van der Waals surface area contributed by atoms with Crippen molar-refractivity contribution in [3.63, 3.8) is 0 Å². The first-order valence-corrected chi connectivity index (χ1v) is 7.40. The maximum atomic E-state index is 13.9. The molecule has 0 atom stereocenters. The largest absolute Gasteiger partial charge is 0.449 e. The molecule has 0 amide bonds. The highest BCUT2D eigenvalue weighted by molar-refractivity contribution is 5.56. The molecule has 1 aliphatic heterocycles. The summed E-state index contributed by atoms with van der Waals surface area (Å²) in [5.41, 5.74) is 1.59. The van der Waals surface area contributed by atoms with Crippen LogP contribution >= 0.6 is 0 Å². The maximum Gasteiger partial charge on any atom is 0.205 e. The summed E-state index contributed by atoms with van der Waals surface area (Å²) in [5, 5.41) is 0. The lowest BCUT2D eigenvalue weighted by molar-refractivity contribution is 0.341. The van der Waals surface area contributed by atoms with Gasteiger partial charge < -0.3 is 9.47 Å². The van der Waals surface area contributed by atoms with Crippen LogP contribution in [0.15, 0.2) is 30.3 Å². The van der Waals surface area contributed by atoms with E-state index in [1.807, 2.05) is 52.8 Å². The number of hydrogen-bond donors (Lipinski definition) is 0. The Bertz CT molecular complexity index is 606. The Balaban J connectivity index is 0.000000510. The van der Waals surface area contributed by atoms with Crippen LogP contribution in [0.3, 0.4) is 0 Å². The summed E-state index contributed by atoms with van der Waals surface area (Å²) in [6, 6.07) is 8.98. The van der Waals surface area contributed by atoms with E-state index in [1.54, 1.807) is 19.1 Å². The molecular formula is C18H23FO2. The lowest BCUT2D eigenvalue weighted by Crippen LogP contribution is -2.02. The molecule has 114 valence electrons. The van der Waals surface area contributed by atoms with Gasteiger partial charge in [0.05, 0.1) is 0 Å². The second-order valence-corrected chi connectivity index (χ2v) is 4.18. The van der Waals surface area contributed by atoms with Crippen LogP contribution in [0, 0.1) is 19.7 Å². The van der Waals surface area contributed by atoms with Crippen molar-refractivity contribution in [2.75, 3.05) is 0 Å². The summed E-state index contributed by atoms with van der Waals surface area (Å²) >= 11 is 0. The lowest BCUT2D eigenvalue weighted by Gasteiger charge is -2.21. The fourth-order valence-corrected chi connectivity index (χ4v) is 1.82. The summed E-state index contributed by atoms with van der Waals surface area (Å²) < 4.78 is 25.0. The Labute approximate surface area is 126 Å². The van der Waals surface area contributed by atoms with Crippen molar-refractivity contribution in [1.82, 2.24) is 0 Å². The molecule has 3 rings (SSSR count). The van der Waals surface area contributed by atoms with Crippen LogP contribution in [0.5, 0.6) is 23.0 Å². The van der Waals surface area contributed by atoms with Crippen LogP contribution in [0.4, 0.5) is 4.39 Å². The van der Waals surface area contributed by atoms with E-state index in [2.05, 4.69) is 0 Å². The summed E-state index contributed by atoms with van der Waals surface area (Å²) in [6.45, 7) is 11.6. The number of halogens is 1. The third-order valence-electron chi connectivity index (χ3n) is 2.79. The first-order chi connectivity index (χ1) is 10.1. The predicted molar refractivity (Wildman–Crippen MR) is 85.2 cm³/mol. The zero-order valence-electron chi connectivity index (χ0n) is 13.6. The van der Waals surface area contributed by atoms with Gasteiger partial charge >= 0.3 is 0 Å². The highest BCUT2D eigenvalue weighted by Crippen LogP contribution is 2.47. The van der Waals surface area contributed by atoms with Crippen molar-refractivity contribution in [3.05, 3.63) is 47.3 Å². The fourth-order valence-electron chi connectivity index (χ4n) is 1.82. The molecule has 0 aromatic heterocycles. The lowest BCUT2D eigenvalue weighted by atomic mass is 10.1. The molecule has 2 aromatic rings. The van der Waals surface area contributed by atoms with Gasteiger partial charge in [-0.15, -0.1) is 0 Å². The minimum Gasteiger partial charge on any atom is -0.449 e. The smallest absolute Gasteiger partial charge is 0.205 e. The number of fused-ring (bicyclic) bond motifs is 2. The molecule has 1 aliphatic rings. The van der Waals surface area contributed by atoms with Crippen molar-refractivity contribution in [3.8, 4) is 23.0 Å². The minimum atomic E-state index is -0.366. The molecule has 21 heavy (non-hydrogen) atoms. The molecule has 2 nitrogen and oxygen atoms in total. The van der Waals surface area contributed by atoms with E-state index in [4.69, 9.17) is 9.47 Å². The van der Waals surface area contributed by atoms with E-state index in [9.17, 15) is 4.39 Å². The van der Waals surface area contributed by atoms with Gasteiger partial charge in [0.25, 0.3) is 0 Å². The first-order valence-electron chi connectivity index (χ1n) is 7.40. The Kier molecular flexibility index (Phi) is 6.22. The molecule has 0 saturated heterocycles. The van der Waals surface area contributed by atoms with Crippen LogP contribution in [0.2, 0.25) is 0 Å². The Morgan fingerprint density at radius 3 is 2.05 bits per heavy atom. The van der Waals surface area contributed by atoms with Crippen molar-refractivity contribution < 1.29 is 13.9 Å². The van der Waals surface area contributed by atoms with Gasteiger partial charge in [0.1, 0.15) is 0 Å². The zero-order valence-corrected chi connectivity index (χ0v) is 13.6. The average molecular weight is 290 g/mol. The summed E-state index contributed by atoms with van der Waals surface area (Å²) in [5.74, 6) is 1.40. The van der Waals surface area contributed by atoms with Gasteiger partial charge in [-0.2, -0.15) is 0 Å². The van der Waals surface area contributed by atoms with Crippen molar-refractivity contribution in [2.24, 2.45) is 0 Å². The highest BCUT2D eigenvalue weighted by Gasteiger charge is 2.22. The average Bonchev–Trinajstić information content (AvgIpc) is 2.54. The van der Waals surface area contributed by atoms with Gasteiger partial charge in [-0.1, -0.05) is 39.8 Å². The van der Waals surface area contributed by atoms with Gasteiger partial charge in [0, 0.05) is 0 Å². The fraction of sp³-hybridized carbons (Fsp3) is 0.333. The Hall–Kier alpha value is -2.03. The molecule has 0 saturated carbocycles. The summed E-state index contributed by atoms with van der Waals surface area (Å²) in [4.78, 5) is 0. The molecule has 2 aromatic carbocycles. The molecule has 0 N–H and O–H groups in total. The topological polar surface area (TPSA) is 18.5 Å². The monoisotopic (exact) mass is 290 g/mol. The molecule has 0 spiro atoms. The first kappa shape index (κ1) is 17.0. The quantitative estimate of drug-likeness (QED) is 0.477.